The number of aliphatic hydroxyl groups excluding tert-OH is 4. The molecule has 9 nitrogen and oxygen atoms in total. The molecule has 14 atom stereocenters. The summed E-state index contributed by atoms with van der Waals surface area (Å²) in [6.07, 6.45) is 17.9. The fourth-order valence-corrected chi connectivity index (χ4v) is 7.58. The first-order valence-electron chi connectivity index (χ1n) is 18.4. The lowest BCUT2D eigenvalue weighted by Gasteiger charge is -2.56. The maximum absolute atomic E-state index is 11.5. The molecule has 0 aromatic rings. The van der Waals surface area contributed by atoms with Crippen LogP contribution in [0.3, 0.4) is 0 Å². The number of allylic oxidation sites excluding steroid dienone is 10. The molecule has 0 aromatic carbocycles. The molecular weight excluding hydrogens is 636 g/mol. The smallest absolute Gasteiger partial charge is 0.306 e. The molecule has 2 heterocycles. The van der Waals surface area contributed by atoms with Crippen LogP contribution in [0, 0.1) is 35.5 Å². The van der Waals surface area contributed by atoms with Gasteiger partial charge in [0.2, 0.25) is 0 Å². The van der Waals surface area contributed by atoms with Crippen molar-refractivity contribution in [3.63, 3.8) is 0 Å². The van der Waals surface area contributed by atoms with E-state index in [1.165, 1.54) is 11.6 Å². The Labute approximate surface area is 301 Å². The first-order chi connectivity index (χ1) is 23.6. The predicted octanol–water partition coefficient (Wildman–Crippen LogP) is 6.54. The normalized spacial score (nSPS) is 32.7. The van der Waals surface area contributed by atoms with Crippen molar-refractivity contribution in [2.75, 3.05) is 7.11 Å². The average Bonchev–Trinajstić information content (AvgIpc) is 3.06. The highest BCUT2D eigenvalue weighted by Gasteiger charge is 2.57. The lowest BCUT2D eigenvalue weighted by Crippen LogP contribution is -2.65. The molecule has 0 bridgehead atoms. The summed E-state index contributed by atoms with van der Waals surface area (Å²) in [5, 5.41) is 52.6. The molecule has 2 fully saturated rings. The van der Waals surface area contributed by atoms with Gasteiger partial charge in [0.1, 0.15) is 6.10 Å². The first-order valence-corrected chi connectivity index (χ1v) is 18.4. The maximum Gasteiger partial charge on any atom is 0.306 e. The van der Waals surface area contributed by atoms with Crippen LogP contribution < -0.4 is 0 Å². The lowest BCUT2D eigenvalue weighted by atomic mass is 9.74. The summed E-state index contributed by atoms with van der Waals surface area (Å²) in [5.74, 6) is -3.05. The van der Waals surface area contributed by atoms with Crippen LogP contribution in [0.5, 0.6) is 0 Å². The Morgan fingerprint density at radius 2 is 1.40 bits per heavy atom. The van der Waals surface area contributed by atoms with Crippen LogP contribution in [0.15, 0.2) is 72.4 Å². The molecule has 0 aliphatic carbocycles. The third-order valence-corrected chi connectivity index (χ3v) is 10.6. The number of hydrogen-bond donors (Lipinski definition) is 5. The molecule has 5 N–H and O–H groups in total. The van der Waals surface area contributed by atoms with Gasteiger partial charge < -0.3 is 39.7 Å². The molecule has 0 saturated carbocycles. The summed E-state index contributed by atoms with van der Waals surface area (Å²) in [6, 6.07) is 0. The van der Waals surface area contributed by atoms with Crippen LogP contribution in [0.25, 0.3) is 0 Å². The number of methoxy groups -OCH3 is 1. The van der Waals surface area contributed by atoms with E-state index in [-0.39, 0.29) is 54.1 Å². The van der Waals surface area contributed by atoms with Gasteiger partial charge in [0.25, 0.3) is 0 Å². The number of carbonyl (C=O) groups is 1. The first kappa shape index (κ1) is 43.8. The molecule has 0 radical (unpaired) electrons. The second-order valence-electron chi connectivity index (χ2n) is 14.8. The molecule has 50 heavy (non-hydrogen) atoms. The maximum atomic E-state index is 11.5. The van der Waals surface area contributed by atoms with Crippen molar-refractivity contribution >= 4 is 5.97 Å². The topological polar surface area (TPSA) is 146 Å². The minimum Gasteiger partial charge on any atom is -0.481 e. The minimum absolute atomic E-state index is 0.0245. The standard InChI is InChI=1S/C41H66O9/c1-10-19-26(2)22-28(4)38(47)32(8)40-30(6)34(48-9)25-41(50-40)35(43)23-29(5)39(49-41)31(7)37(46)27(3)20-17-15-13-11-12-14-16-18-21-33(42)24-36(44)45/h11-21,27-35,37-40,42-43,46-47H,10,22-25H2,1-9H3,(H,44,45). The number of aliphatic carboxylic acids is 1. The summed E-state index contributed by atoms with van der Waals surface area (Å²) in [4.78, 5) is 10.6. The molecule has 2 aliphatic heterocycles. The fraction of sp³-hybridized carbons (Fsp3) is 0.683. The van der Waals surface area contributed by atoms with Gasteiger partial charge in [0.15, 0.2) is 5.79 Å². The van der Waals surface area contributed by atoms with Gasteiger partial charge in [-0.25, -0.2) is 0 Å². The fourth-order valence-electron chi connectivity index (χ4n) is 7.58. The Bertz CT molecular complexity index is 1200. The summed E-state index contributed by atoms with van der Waals surface area (Å²) in [7, 11) is 1.67. The number of aliphatic hydroxyl groups is 4. The second kappa shape index (κ2) is 21.2. The highest BCUT2D eigenvalue weighted by atomic mass is 16.7. The summed E-state index contributed by atoms with van der Waals surface area (Å²) in [6.45, 7) is 16.4. The molecule has 2 rings (SSSR count). The van der Waals surface area contributed by atoms with Crippen molar-refractivity contribution in [3.05, 3.63) is 72.4 Å². The van der Waals surface area contributed by atoms with Crippen LogP contribution in [0.1, 0.15) is 87.5 Å². The van der Waals surface area contributed by atoms with E-state index >= 15 is 0 Å². The third kappa shape index (κ3) is 12.7. The van der Waals surface area contributed by atoms with Crippen LogP contribution >= 0.6 is 0 Å². The summed E-state index contributed by atoms with van der Waals surface area (Å²) >= 11 is 0. The number of ether oxygens (including phenoxy) is 3. The number of carboxylic acid groups (broad SMARTS) is 1. The summed E-state index contributed by atoms with van der Waals surface area (Å²) < 4.78 is 19.6. The molecule has 1 spiro atoms. The SMILES string of the molecule is CCC=C(C)CC(C)C(O)C(C)C1OC2(CC(OC)C1C)OC(C(C)C(O)C(C)C=CC=CC=CC=CC=CC(O)CC(=O)O)C(C)CC2O. The highest BCUT2D eigenvalue weighted by molar-refractivity contribution is 5.67. The summed E-state index contributed by atoms with van der Waals surface area (Å²) in [5.41, 5.74) is 1.26. The van der Waals surface area contributed by atoms with Gasteiger partial charge in [-0.3, -0.25) is 4.79 Å². The number of hydrogen-bond acceptors (Lipinski definition) is 8. The Hall–Kier alpha value is -2.37. The molecule has 14 unspecified atom stereocenters. The third-order valence-electron chi connectivity index (χ3n) is 10.6. The van der Waals surface area contributed by atoms with Crippen molar-refractivity contribution in [2.45, 2.75) is 136 Å². The zero-order valence-electron chi connectivity index (χ0n) is 31.8. The molecule has 284 valence electrons. The monoisotopic (exact) mass is 702 g/mol. The highest BCUT2D eigenvalue weighted by Crippen LogP contribution is 2.47. The van der Waals surface area contributed by atoms with Crippen molar-refractivity contribution in [1.82, 2.24) is 0 Å². The quantitative estimate of drug-likeness (QED) is 0.0794. The Kier molecular flexibility index (Phi) is 18.6. The molecular formula is C41H66O9. The van der Waals surface area contributed by atoms with Gasteiger partial charge in [-0.15, -0.1) is 0 Å². The molecule has 0 aromatic heterocycles. The lowest BCUT2D eigenvalue weighted by molar-refractivity contribution is -0.391. The minimum atomic E-state index is -1.31. The van der Waals surface area contributed by atoms with Gasteiger partial charge in [0, 0.05) is 37.2 Å². The van der Waals surface area contributed by atoms with Gasteiger partial charge in [0.05, 0.1) is 43.0 Å². The van der Waals surface area contributed by atoms with E-state index < -0.39 is 42.3 Å². The molecule has 2 saturated heterocycles. The Morgan fingerprint density at radius 1 is 0.860 bits per heavy atom. The molecule has 9 heteroatoms. The van der Waals surface area contributed by atoms with E-state index in [9.17, 15) is 25.2 Å². The van der Waals surface area contributed by atoms with Crippen LogP contribution in [-0.2, 0) is 19.0 Å². The van der Waals surface area contributed by atoms with Crippen LogP contribution in [0.2, 0.25) is 0 Å². The average molecular weight is 703 g/mol. The van der Waals surface area contributed by atoms with E-state index in [1.54, 1.807) is 25.3 Å². The molecule has 2 aliphatic rings. The largest absolute Gasteiger partial charge is 0.481 e. The van der Waals surface area contributed by atoms with E-state index in [4.69, 9.17) is 19.3 Å². The zero-order chi connectivity index (χ0) is 37.6. The van der Waals surface area contributed by atoms with E-state index in [2.05, 4.69) is 33.8 Å². The van der Waals surface area contributed by atoms with Crippen molar-refractivity contribution in [1.29, 1.82) is 0 Å². The second-order valence-corrected chi connectivity index (χ2v) is 14.8. The Morgan fingerprint density at radius 3 is 1.96 bits per heavy atom. The predicted molar refractivity (Wildman–Crippen MR) is 198 cm³/mol. The van der Waals surface area contributed by atoms with Crippen LogP contribution in [-0.4, -0.2) is 87.1 Å². The van der Waals surface area contributed by atoms with Crippen molar-refractivity contribution in [3.8, 4) is 0 Å². The van der Waals surface area contributed by atoms with Gasteiger partial charge in [-0.2, -0.15) is 0 Å². The van der Waals surface area contributed by atoms with Crippen molar-refractivity contribution < 1.29 is 44.5 Å². The molecule has 0 amide bonds. The van der Waals surface area contributed by atoms with Gasteiger partial charge in [-0.1, -0.05) is 121 Å². The zero-order valence-corrected chi connectivity index (χ0v) is 31.8. The van der Waals surface area contributed by atoms with E-state index in [0.29, 0.717) is 12.8 Å². The number of rotatable bonds is 18. The van der Waals surface area contributed by atoms with E-state index in [0.717, 1.165) is 12.8 Å². The van der Waals surface area contributed by atoms with E-state index in [1.807, 2.05) is 64.2 Å². The van der Waals surface area contributed by atoms with Gasteiger partial charge >= 0.3 is 5.97 Å². The van der Waals surface area contributed by atoms with Gasteiger partial charge in [-0.05, 0) is 38.0 Å². The number of carboxylic acids is 1. The van der Waals surface area contributed by atoms with Crippen molar-refractivity contribution in [2.24, 2.45) is 35.5 Å². The Balaban J connectivity index is 2.11. The van der Waals surface area contributed by atoms with Crippen LogP contribution in [0.4, 0.5) is 0 Å².